The molecule has 12 heavy (non-hydrogen) atoms. The Balaban J connectivity index is 2.86. The molecule has 0 aromatic heterocycles. The first kappa shape index (κ1) is 9.52. The minimum atomic E-state index is 1.01. The van der Waals surface area contributed by atoms with Crippen molar-refractivity contribution in [2.75, 3.05) is 4.43 Å². The lowest BCUT2D eigenvalue weighted by molar-refractivity contribution is 1.59. The van der Waals surface area contributed by atoms with Crippen molar-refractivity contribution in [1.29, 1.82) is 0 Å². The van der Waals surface area contributed by atoms with Crippen molar-refractivity contribution in [3.63, 3.8) is 0 Å². The van der Waals surface area contributed by atoms with Gasteiger partial charge in [0.2, 0.25) is 0 Å². The first-order valence-corrected chi connectivity index (χ1v) is 5.33. The standard InChI is InChI=1S/C11H11I/c1-2-10(9-12)8-11-6-4-3-5-7-11/h2-8H,1,9H2/b10-8-. The molecule has 0 saturated carbocycles. The number of allylic oxidation sites excluding steroid dienone is 2. The largest absolute Gasteiger partial charge is 0.0988 e. The van der Waals surface area contributed by atoms with Gasteiger partial charge in [0.05, 0.1) is 0 Å². The van der Waals surface area contributed by atoms with Gasteiger partial charge in [0.1, 0.15) is 0 Å². The molecule has 0 aliphatic carbocycles. The molecule has 0 heterocycles. The van der Waals surface area contributed by atoms with E-state index in [1.165, 1.54) is 11.1 Å². The van der Waals surface area contributed by atoms with Crippen LogP contribution in [0.3, 0.4) is 0 Å². The van der Waals surface area contributed by atoms with E-state index >= 15 is 0 Å². The summed E-state index contributed by atoms with van der Waals surface area (Å²) in [7, 11) is 0. The van der Waals surface area contributed by atoms with E-state index in [1.54, 1.807) is 0 Å². The second-order valence-electron chi connectivity index (χ2n) is 2.47. The number of hydrogen-bond acceptors (Lipinski definition) is 0. The summed E-state index contributed by atoms with van der Waals surface area (Å²) in [5.41, 5.74) is 2.51. The first-order valence-electron chi connectivity index (χ1n) is 3.81. The van der Waals surface area contributed by atoms with Gasteiger partial charge >= 0.3 is 0 Å². The predicted molar refractivity (Wildman–Crippen MR) is 63.5 cm³/mol. The van der Waals surface area contributed by atoms with Crippen LogP contribution in [0.1, 0.15) is 5.56 Å². The molecule has 1 heteroatoms. The maximum absolute atomic E-state index is 3.75. The minimum Gasteiger partial charge on any atom is -0.0988 e. The van der Waals surface area contributed by atoms with E-state index in [0.717, 1.165) is 4.43 Å². The molecule has 0 unspecified atom stereocenters. The smallest absolute Gasteiger partial charge is 0.0247 e. The fourth-order valence-corrected chi connectivity index (χ4v) is 1.45. The van der Waals surface area contributed by atoms with E-state index in [4.69, 9.17) is 0 Å². The monoisotopic (exact) mass is 270 g/mol. The zero-order chi connectivity index (χ0) is 8.81. The Hall–Kier alpha value is -0.570. The van der Waals surface area contributed by atoms with E-state index in [-0.39, 0.29) is 0 Å². The summed E-state index contributed by atoms with van der Waals surface area (Å²) < 4.78 is 1.01. The van der Waals surface area contributed by atoms with Crippen molar-refractivity contribution >= 4 is 28.7 Å². The maximum atomic E-state index is 3.75. The Morgan fingerprint density at radius 3 is 2.50 bits per heavy atom. The summed E-state index contributed by atoms with van der Waals surface area (Å²) >= 11 is 2.34. The molecule has 1 rings (SSSR count). The van der Waals surface area contributed by atoms with Crippen molar-refractivity contribution in [1.82, 2.24) is 0 Å². The van der Waals surface area contributed by atoms with Gasteiger partial charge < -0.3 is 0 Å². The molecule has 0 bridgehead atoms. The summed E-state index contributed by atoms with van der Waals surface area (Å²) in [5.74, 6) is 0. The number of benzene rings is 1. The molecule has 1 aromatic rings. The van der Waals surface area contributed by atoms with Gasteiger partial charge in [-0.15, -0.1) is 0 Å². The Bertz CT molecular complexity index is 272. The number of alkyl halides is 1. The Labute approximate surface area is 87.1 Å². The normalized spacial score (nSPS) is 11.2. The van der Waals surface area contributed by atoms with Crippen LogP contribution in [-0.2, 0) is 0 Å². The lowest BCUT2D eigenvalue weighted by Crippen LogP contribution is -1.78. The van der Waals surface area contributed by atoms with Crippen LogP contribution in [0, 0.1) is 0 Å². The van der Waals surface area contributed by atoms with E-state index in [0.29, 0.717) is 0 Å². The summed E-state index contributed by atoms with van der Waals surface area (Å²) in [4.78, 5) is 0. The highest BCUT2D eigenvalue weighted by molar-refractivity contribution is 14.1. The quantitative estimate of drug-likeness (QED) is 0.446. The molecular formula is C11H11I. The molecular weight excluding hydrogens is 259 g/mol. The Morgan fingerprint density at radius 2 is 2.00 bits per heavy atom. The fraction of sp³-hybridized carbons (Fsp3) is 0.0909. The van der Waals surface area contributed by atoms with Crippen LogP contribution in [0.4, 0.5) is 0 Å². The molecule has 0 fully saturated rings. The molecule has 0 aliphatic rings. The first-order chi connectivity index (χ1) is 5.86. The molecule has 62 valence electrons. The average Bonchev–Trinajstić information content (AvgIpc) is 2.16. The van der Waals surface area contributed by atoms with Crippen LogP contribution < -0.4 is 0 Å². The summed E-state index contributed by atoms with van der Waals surface area (Å²) in [5, 5.41) is 0. The molecule has 0 saturated heterocycles. The van der Waals surface area contributed by atoms with Gasteiger partial charge in [0.25, 0.3) is 0 Å². The molecule has 0 aliphatic heterocycles. The van der Waals surface area contributed by atoms with Gasteiger partial charge in [-0.05, 0) is 11.1 Å². The summed E-state index contributed by atoms with van der Waals surface area (Å²) in [6.45, 7) is 3.75. The number of halogens is 1. The summed E-state index contributed by atoms with van der Waals surface area (Å²) in [6, 6.07) is 10.3. The van der Waals surface area contributed by atoms with Crippen LogP contribution in [0.5, 0.6) is 0 Å². The third-order valence-corrected chi connectivity index (χ3v) is 2.45. The molecule has 0 amide bonds. The molecule has 0 nitrogen and oxygen atoms in total. The van der Waals surface area contributed by atoms with Gasteiger partial charge in [-0.25, -0.2) is 0 Å². The fourth-order valence-electron chi connectivity index (χ4n) is 0.915. The zero-order valence-electron chi connectivity index (χ0n) is 6.83. The molecule has 0 radical (unpaired) electrons. The zero-order valence-corrected chi connectivity index (χ0v) is 8.99. The van der Waals surface area contributed by atoms with Crippen LogP contribution in [-0.4, -0.2) is 4.43 Å². The molecule has 1 aromatic carbocycles. The second kappa shape index (κ2) is 5.14. The third kappa shape index (κ3) is 2.81. The van der Waals surface area contributed by atoms with E-state index in [2.05, 4.69) is 47.4 Å². The maximum Gasteiger partial charge on any atom is 0.0247 e. The molecule has 0 spiro atoms. The lowest BCUT2D eigenvalue weighted by atomic mass is 10.1. The third-order valence-electron chi connectivity index (χ3n) is 1.57. The van der Waals surface area contributed by atoms with Crippen molar-refractivity contribution in [3.8, 4) is 0 Å². The highest BCUT2D eigenvalue weighted by atomic mass is 127. The Morgan fingerprint density at radius 1 is 1.33 bits per heavy atom. The van der Waals surface area contributed by atoms with Crippen LogP contribution in [0.25, 0.3) is 6.08 Å². The van der Waals surface area contributed by atoms with Crippen molar-refractivity contribution in [2.24, 2.45) is 0 Å². The van der Waals surface area contributed by atoms with Crippen LogP contribution >= 0.6 is 22.6 Å². The van der Waals surface area contributed by atoms with E-state index in [1.807, 2.05) is 24.3 Å². The van der Waals surface area contributed by atoms with Gasteiger partial charge in [0, 0.05) is 4.43 Å². The van der Waals surface area contributed by atoms with Gasteiger partial charge in [-0.3, -0.25) is 0 Å². The van der Waals surface area contributed by atoms with Gasteiger partial charge in [-0.2, -0.15) is 0 Å². The molecule has 0 atom stereocenters. The average molecular weight is 270 g/mol. The second-order valence-corrected chi connectivity index (χ2v) is 3.23. The predicted octanol–water partition coefficient (Wildman–Crippen LogP) is 3.69. The van der Waals surface area contributed by atoms with Crippen LogP contribution in [0.2, 0.25) is 0 Å². The van der Waals surface area contributed by atoms with Crippen molar-refractivity contribution in [2.45, 2.75) is 0 Å². The van der Waals surface area contributed by atoms with Crippen molar-refractivity contribution < 1.29 is 0 Å². The van der Waals surface area contributed by atoms with E-state index < -0.39 is 0 Å². The van der Waals surface area contributed by atoms with E-state index in [9.17, 15) is 0 Å². The van der Waals surface area contributed by atoms with Crippen LogP contribution in [0.15, 0.2) is 48.6 Å². The number of hydrogen-bond donors (Lipinski definition) is 0. The lowest BCUT2D eigenvalue weighted by Gasteiger charge is -1.95. The van der Waals surface area contributed by atoms with Gasteiger partial charge in [-0.1, -0.05) is 71.7 Å². The summed E-state index contributed by atoms with van der Waals surface area (Å²) in [6.07, 6.45) is 4.05. The SMILES string of the molecule is C=C/C(=C/c1ccccc1)CI. The minimum absolute atomic E-state index is 1.01. The van der Waals surface area contributed by atoms with Crippen molar-refractivity contribution in [3.05, 3.63) is 54.1 Å². The highest BCUT2D eigenvalue weighted by Gasteiger charge is 1.88. The molecule has 0 N–H and O–H groups in total. The van der Waals surface area contributed by atoms with Gasteiger partial charge in [0.15, 0.2) is 0 Å². The topological polar surface area (TPSA) is 0 Å². The highest BCUT2D eigenvalue weighted by Crippen LogP contribution is 2.09. The number of rotatable bonds is 3. The Kier molecular flexibility index (Phi) is 4.08.